The summed E-state index contributed by atoms with van der Waals surface area (Å²) in [6.45, 7) is 0. The highest BCUT2D eigenvalue weighted by atomic mass is 35.5. The lowest BCUT2D eigenvalue weighted by molar-refractivity contribution is 0.475. The quantitative estimate of drug-likeness (QED) is 0.410. The largest absolute Gasteiger partial charge is 0.508 e. The highest BCUT2D eigenvalue weighted by Crippen LogP contribution is 2.42. The fourth-order valence-corrected chi connectivity index (χ4v) is 4.57. The maximum Gasteiger partial charge on any atom is 0.174 e. The number of hydrogen-bond acceptors (Lipinski definition) is 3. The molecule has 2 aromatic carbocycles. The predicted octanol–water partition coefficient (Wildman–Crippen LogP) is 5.41. The Morgan fingerprint density at radius 2 is 1.77 bits per heavy atom. The molecule has 0 spiro atoms. The zero-order chi connectivity index (χ0) is 21.4. The standard InChI is InChI=1S/C24H19ClN4OS/c25-16-5-3-6-18(15-16)28-14-4-8-21(28)23-22(20-7-1-2-13-26-20)27-24(31)29(23)17-9-11-19(30)12-10-17/h1-15,22-23,30H,(H,27,31)/t22-,23-/m0/s1. The van der Waals surface area contributed by atoms with E-state index in [0.29, 0.717) is 10.1 Å². The molecule has 154 valence electrons. The molecule has 0 aliphatic carbocycles. The van der Waals surface area contributed by atoms with Crippen LogP contribution in [0.1, 0.15) is 23.5 Å². The number of hydrogen-bond donors (Lipinski definition) is 2. The van der Waals surface area contributed by atoms with Gasteiger partial charge in [0, 0.05) is 34.5 Å². The number of rotatable bonds is 4. The van der Waals surface area contributed by atoms with Gasteiger partial charge < -0.3 is 19.9 Å². The van der Waals surface area contributed by atoms with Crippen LogP contribution < -0.4 is 10.2 Å². The molecular weight excluding hydrogens is 428 g/mol. The first-order valence-corrected chi connectivity index (χ1v) is 10.6. The van der Waals surface area contributed by atoms with Crippen molar-refractivity contribution in [3.05, 3.63) is 108 Å². The van der Waals surface area contributed by atoms with Crippen molar-refractivity contribution in [1.82, 2.24) is 14.9 Å². The zero-order valence-electron chi connectivity index (χ0n) is 16.4. The second kappa shape index (κ2) is 8.06. The number of nitrogens with zero attached hydrogens (tertiary/aromatic N) is 3. The van der Waals surface area contributed by atoms with Gasteiger partial charge in [-0.1, -0.05) is 23.7 Å². The van der Waals surface area contributed by atoms with Gasteiger partial charge in [-0.15, -0.1) is 0 Å². The molecule has 1 aliphatic heterocycles. The summed E-state index contributed by atoms with van der Waals surface area (Å²) >= 11 is 12.0. The van der Waals surface area contributed by atoms with Crippen LogP contribution in [0.25, 0.3) is 5.69 Å². The number of phenolic OH excluding ortho intramolecular Hbond substituents is 1. The van der Waals surface area contributed by atoms with E-state index < -0.39 is 0 Å². The van der Waals surface area contributed by atoms with Gasteiger partial charge in [-0.2, -0.15) is 0 Å². The summed E-state index contributed by atoms with van der Waals surface area (Å²) in [6.07, 6.45) is 3.81. The van der Waals surface area contributed by atoms with Gasteiger partial charge >= 0.3 is 0 Å². The number of phenols is 1. The summed E-state index contributed by atoms with van der Waals surface area (Å²) in [5.41, 5.74) is 3.79. The van der Waals surface area contributed by atoms with Crippen LogP contribution >= 0.6 is 23.8 Å². The minimum atomic E-state index is -0.166. The van der Waals surface area contributed by atoms with Crippen LogP contribution in [0.2, 0.25) is 5.02 Å². The molecule has 0 saturated carbocycles. The minimum absolute atomic E-state index is 0.157. The Kier molecular flexibility index (Phi) is 5.10. The molecule has 4 aromatic rings. The zero-order valence-corrected chi connectivity index (χ0v) is 18.0. The lowest BCUT2D eigenvalue weighted by Gasteiger charge is -2.29. The van der Waals surface area contributed by atoms with Gasteiger partial charge in [0.15, 0.2) is 5.11 Å². The van der Waals surface area contributed by atoms with E-state index in [9.17, 15) is 5.11 Å². The molecule has 2 aromatic heterocycles. The SMILES string of the molecule is Oc1ccc(N2C(=S)N[C@@H](c3ccccn3)[C@@H]2c2cccn2-c2cccc(Cl)c2)cc1. The van der Waals surface area contributed by atoms with Crippen molar-refractivity contribution >= 4 is 34.6 Å². The van der Waals surface area contributed by atoms with Crippen LogP contribution in [-0.4, -0.2) is 19.8 Å². The van der Waals surface area contributed by atoms with Crippen molar-refractivity contribution in [2.75, 3.05) is 4.90 Å². The number of nitrogens with one attached hydrogen (secondary N) is 1. The second-order valence-corrected chi connectivity index (χ2v) is 8.12. The molecule has 0 unspecified atom stereocenters. The lowest BCUT2D eigenvalue weighted by atomic mass is 10.0. The van der Waals surface area contributed by atoms with Crippen molar-refractivity contribution in [1.29, 1.82) is 0 Å². The maximum atomic E-state index is 9.77. The third kappa shape index (κ3) is 3.65. The molecule has 1 fully saturated rings. The van der Waals surface area contributed by atoms with Crippen molar-refractivity contribution < 1.29 is 5.11 Å². The molecule has 31 heavy (non-hydrogen) atoms. The van der Waals surface area contributed by atoms with Crippen molar-refractivity contribution in [3.8, 4) is 11.4 Å². The number of thiocarbonyl (C=S) groups is 1. The first-order chi connectivity index (χ1) is 15.1. The van der Waals surface area contributed by atoms with E-state index in [1.165, 1.54) is 0 Å². The van der Waals surface area contributed by atoms with Crippen molar-refractivity contribution in [2.45, 2.75) is 12.1 Å². The molecule has 1 saturated heterocycles. The van der Waals surface area contributed by atoms with Gasteiger partial charge in [0.05, 0.1) is 11.7 Å². The number of anilines is 1. The van der Waals surface area contributed by atoms with Crippen LogP contribution in [0.3, 0.4) is 0 Å². The van der Waals surface area contributed by atoms with Gasteiger partial charge in [-0.05, 0) is 78.9 Å². The minimum Gasteiger partial charge on any atom is -0.508 e. The van der Waals surface area contributed by atoms with E-state index >= 15 is 0 Å². The first kappa shape index (κ1) is 19.6. The Hall–Kier alpha value is -3.35. The molecule has 0 bridgehead atoms. The third-order valence-electron chi connectivity index (χ3n) is 5.40. The van der Waals surface area contributed by atoms with Crippen LogP contribution in [0.5, 0.6) is 5.75 Å². The number of pyridine rings is 1. The molecule has 0 radical (unpaired) electrons. The number of benzene rings is 2. The molecule has 7 heteroatoms. The maximum absolute atomic E-state index is 9.77. The molecule has 1 aliphatic rings. The van der Waals surface area contributed by atoms with Crippen molar-refractivity contribution in [3.63, 3.8) is 0 Å². The summed E-state index contributed by atoms with van der Waals surface area (Å²) in [6, 6.07) is 24.5. The smallest absolute Gasteiger partial charge is 0.174 e. The summed E-state index contributed by atoms with van der Waals surface area (Å²) < 4.78 is 2.12. The van der Waals surface area contributed by atoms with Gasteiger partial charge in [-0.3, -0.25) is 4.98 Å². The fraction of sp³-hybridized carbons (Fsp3) is 0.0833. The van der Waals surface area contributed by atoms with Gasteiger partial charge in [0.1, 0.15) is 11.8 Å². The highest BCUT2D eigenvalue weighted by Gasteiger charge is 2.42. The topological polar surface area (TPSA) is 53.3 Å². The number of halogens is 1. The normalized spacial score (nSPS) is 18.2. The average molecular weight is 447 g/mol. The van der Waals surface area contributed by atoms with E-state index in [1.807, 2.05) is 66.9 Å². The predicted molar refractivity (Wildman–Crippen MR) is 127 cm³/mol. The van der Waals surface area contributed by atoms with Crippen LogP contribution in [0.4, 0.5) is 5.69 Å². The summed E-state index contributed by atoms with van der Waals surface area (Å²) in [7, 11) is 0. The Bertz CT molecular complexity index is 1230. The first-order valence-electron chi connectivity index (χ1n) is 9.85. The molecular formula is C24H19ClN4OS. The molecule has 2 N–H and O–H groups in total. The molecule has 0 amide bonds. The van der Waals surface area contributed by atoms with E-state index in [-0.39, 0.29) is 17.8 Å². The Morgan fingerprint density at radius 3 is 2.52 bits per heavy atom. The van der Waals surface area contributed by atoms with E-state index in [4.69, 9.17) is 23.8 Å². The monoisotopic (exact) mass is 446 g/mol. The van der Waals surface area contributed by atoms with Gasteiger partial charge in [0.25, 0.3) is 0 Å². The summed E-state index contributed by atoms with van der Waals surface area (Å²) in [5, 5.41) is 14.5. The van der Waals surface area contributed by atoms with Crippen LogP contribution in [-0.2, 0) is 0 Å². The fourth-order valence-electron chi connectivity index (χ4n) is 4.04. The number of aromatic nitrogens is 2. The average Bonchev–Trinajstić information content (AvgIpc) is 3.39. The molecule has 5 rings (SSSR count). The van der Waals surface area contributed by atoms with Crippen LogP contribution in [0.15, 0.2) is 91.3 Å². The summed E-state index contributed by atoms with van der Waals surface area (Å²) in [5.74, 6) is 0.210. The molecule has 2 atom stereocenters. The Morgan fingerprint density at radius 1 is 0.935 bits per heavy atom. The van der Waals surface area contributed by atoms with Crippen LogP contribution in [0, 0.1) is 0 Å². The summed E-state index contributed by atoms with van der Waals surface area (Å²) in [4.78, 5) is 6.67. The van der Waals surface area contributed by atoms with E-state index in [1.54, 1.807) is 18.3 Å². The van der Waals surface area contributed by atoms with E-state index in [0.717, 1.165) is 22.8 Å². The number of aromatic hydroxyl groups is 1. The Balaban J connectivity index is 1.67. The third-order valence-corrected chi connectivity index (χ3v) is 5.95. The van der Waals surface area contributed by atoms with Gasteiger partial charge in [0.2, 0.25) is 0 Å². The lowest BCUT2D eigenvalue weighted by Crippen LogP contribution is -2.30. The highest BCUT2D eigenvalue weighted by molar-refractivity contribution is 7.80. The molecule has 5 nitrogen and oxygen atoms in total. The second-order valence-electron chi connectivity index (χ2n) is 7.30. The van der Waals surface area contributed by atoms with E-state index in [2.05, 4.69) is 25.8 Å². The van der Waals surface area contributed by atoms with Crippen molar-refractivity contribution in [2.24, 2.45) is 0 Å². The van der Waals surface area contributed by atoms with Gasteiger partial charge in [-0.25, -0.2) is 0 Å². The molecule has 3 heterocycles. The Labute approximate surface area is 190 Å².